The van der Waals surface area contributed by atoms with Gasteiger partial charge < -0.3 is 9.11 Å². The Labute approximate surface area is 52.7 Å². The van der Waals surface area contributed by atoms with E-state index in [1.54, 1.807) is 0 Å². The van der Waals surface area contributed by atoms with Crippen LogP contribution in [0.15, 0.2) is 0 Å². The van der Waals surface area contributed by atoms with Gasteiger partial charge in [0.1, 0.15) is 0 Å². The van der Waals surface area contributed by atoms with Gasteiger partial charge in [0.15, 0.2) is 0 Å². The second kappa shape index (κ2) is 4.53. The fourth-order valence-electron chi connectivity index (χ4n) is 0. The van der Waals surface area contributed by atoms with Gasteiger partial charge in [-0.2, -0.15) is 0 Å². The number of hydrogen-bond donors (Lipinski definition) is 0. The number of rotatable bonds is 0. The Kier molecular flexibility index (Phi) is 10.1. The minimum absolute atomic E-state index is 0. The van der Waals surface area contributed by atoms with Crippen LogP contribution in [-0.2, 0) is 27.2 Å². The van der Waals surface area contributed by atoms with E-state index in [9.17, 15) is 0 Å². The molecule has 0 saturated carbocycles. The minimum atomic E-state index is -5.17. The van der Waals surface area contributed by atoms with Crippen LogP contribution < -0.4 is 0 Å². The van der Waals surface area contributed by atoms with Gasteiger partial charge in [0.2, 0.25) is 0 Å². The molecule has 0 aromatic carbocycles. The average molecular weight is 171 g/mol. The Bertz CT molecular complexity index is 94.9. The van der Waals surface area contributed by atoms with Crippen molar-refractivity contribution in [3.63, 3.8) is 0 Å². The summed E-state index contributed by atoms with van der Waals surface area (Å²) in [6.07, 6.45) is 0. The van der Waals surface area contributed by atoms with E-state index in [2.05, 4.69) is 0 Å². The third kappa shape index (κ3) is 862. The van der Waals surface area contributed by atoms with Crippen LogP contribution in [0.5, 0.6) is 0 Å². The summed E-state index contributed by atoms with van der Waals surface area (Å²) in [5.74, 6) is 0. The monoisotopic (exact) mass is 171 g/mol. The maximum atomic E-state index is 8.52. The largest absolute Gasteiger partial charge is 2.00 e. The predicted octanol–water partition coefficient (Wildman–Crippen LogP) is -0.704. The van der Waals surface area contributed by atoms with E-state index in [-0.39, 0.29) is 24.2 Å². The third-order valence-electron chi connectivity index (χ3n) is 0. The van der Waals surface area contributed by atoms with E-state index in [0.29, 0.717) is 0 Å². The molecule has 4 nitrogen and oxygen atoms in total. The Hall–Kier alpha value is 0.376. The van der Waals surface area contributed by atoms with Crippen molar-refractivity contribution in [3.05, 3.63) is 0 Å². The molecule has 0 amide bonds. The molecule has 0 fully saturated rings. The molecule has 0 aliphatic rings. The van der Waals surface area contributed by atoms with E-state index in [4.69, 9.17) is 17.5 Å². The Morgan fingerprint density at radius 2 is 1.14 bits per heavy atom. The first kappa shape index (κ1) is 15.7. The summed E-state index contributed by atoms with van der Waals surface area (Å²) in [6.45, 7) is 0. The second-order valence-electron chi connectivity index (χ2n) is 0.408. The smallest absolute Gasteiger partial charge is 0.759 e. The molecule has 0 bridgehead atoms. The molecule has 0 aliphatic carbocycles. The first-order valence-electron chi connectivity index (χ1n) is 0.667. The molecule has 1 radical (unpaired) electrons. The summed E-state index contributed by atoms with van der Waals surface area (Å²) in [5.41, 5.74) is 0. The molecule has 0 aromatic rings. The average Bonchev–Trinajstić information content (AvgIpc) is 0.722. The van der Waals surface area contributed by atoms with Gasteiger partial charge in [-0.25, -0.2) is 0 Å². The third-order valence-corrected chi connectivity index (χ3v) is 0. The zero-order valence-corrected chi connectivity index (χ0v) is 4.23. The van der Waals surface area contributed by atoms with Gasteiger partial charge in [-0.3, -0.25) is 8.42 Å². The van der Waals surface area contributed by atoms with Gasteiger partial charge in [-0.1, -0.05) is 7.43 Å². The molecular weight excluding hydrogens is 167 g/mol. The SMILES string of the molecule is C.O=S(=O)([O-])[O-].[Co+2]. The van der Waals surface area contributed by atoms with E-state index in [1.807, 2.05) is 0 Å². The van der Waals surface area contributed by atoms with Gasteiger partial charge in [-0.05, 0) is 0 Å². The van der Waals surface area contributed by atoms with Crippen molar-refractivity contribution >= 4 is 10.4 Å². The Morgan fingerprint density at radius 3 is 1.14 bits per heavy atom. The summed E-state index contributed by atoms with van der Waals surface area (Å²) in [7, 11) is -5.17. The number of hydrogen-bond acceptors (Lipinski definition) is 4. The summed E-state index contributed by atoms with van der Waals surface area (Å²) in [4.78, 5) is 0. The van der Waals surface area contributed by atoms with Crippen molar-refractivity contribution in [2.45, 2.75) is 7.43 Å². The fraction of sp³-hybridized carbons (Fsp3) is 1.00. The second-order valence-corrected chi connectivity index (χ2v) is 1.22. The molecule has 0 rings (SSSR count). The molecule has 0 atom stereocenters. The first-order chi connectivity index (χ1) is 2.00. The van der Waals surface area contributed by atoms with Crippen molar-refractivity contribution in [1.82, 2.24) is 0 Å². The van der Waals surface area contributed by atoms with Crippen LogP contribution in [0.25, 0.3) is 0 Å². The van der Waals surface area contributed by atoms with Crippen LogP contribution in [0.1, 0.15) is 7.43 Å². The van der Waals surface area contributed by atoms with Crippen molar-refractivity contribution in [2.75, 3.05) is 0 Å². The van der Waals surface area contributed by atoms with Gasteiger partial charge in [0.25, 0.3) is 0 Å². The molecule has 47 valence electrons. The van der Waals surface area contributed by atoms with Crippen LogP contribution >= 0.6 is 0 Å². The van der Waals surface area contributed by atoms with Crippen molar-refractivity contribution in [2.24, 2.45) is 0 Å². The van der Waals surface area contributed by atoms with Crippen LogP contribution in [0.3, 0.4) is 0 Å². The van der Waals surface area contributed by atoms with Crippen LogP contribution in [0, 0.1) is 0 Å². The van der Waals surface area contributed by atoms with Crippen molar-refractivity contribution in [1.29, 1.82) is 0 Å². The Balaban J connectivity index is -0.0000000800. The molecule has 0 aromatic heterocycles. The maximum absolute atomic E-state index is 8.52. The maximum Gasteiger partial charge on any atom is 2.00 e. The molecule has 0 heterocycles. The van der Waals surface area contributed by atoms with Gasteiger partial charge in [0, 0.05) is 10.4 Å². The van der Waals surface area contributed by atoms with E-state index in [0.717, 1.165) is 0 Å². The van der Waals surface area contributed by atoms with E-state index < -0.39 is 10.4 Å². The summed E-state index contributed by atoms with van der Waals surface area (Å²) >= 11 is 0. The fourth-order valence-corrected chi connectivity index (χ4v) is 0. The molecule has 0 saturated heterocycles. The molecule has 6 heteroatoms. The molecule has 7 heavy (non-hydrogen) atoms. The quantitative estimate of drug-likeness (QED) is 0.356. The topological polar surface area (TPSA) is 80.3 Å². The van der Waals surface area contributed by atoms with Crippen LogP contribution in [-0.4, -0.2) is 17.5 Å². The summed E-state index contributed by atoms with van der Waals surface area (Å²) in [5, 5.41) is 0. The predicted molar refractivity (Wildman–Crippen MR) is 17.2 cm³/mol. The summed E-state index contributed by atoms with van der Waals surface area (Å²) in [6, 6.07) is 0. The standard InChI is InChI=1S/CH4.Co.H2O4S/c;;1-5(2,3)4/h1H4;;(H2,1,2,3,4)/q;+2;/p-2. The van der Waals surface area contributed by atoms with Crippen LogP contribution in [0.2, 0.25) is 0 Å². The molecule has 0 spiro atoms. The van der Waals surface area contributed by atoms with E-state index >= 15 is 0 Å². The Morgan fingerprint density at radius 1 is 1.14 bits per heavy atom. The van der Waals surface area contributed by atoms with Gasteiger partial charge >= 0.3 is 16.8 Å². The first-order valence-corrected chi connectivity index (χ1v) is 2.00. The van der Waals surface area contributed by atoms with Gasteiger partial charge in [-0.15, -0.1) is 0 Å². The zero-order chi connectivity index (χ0) is 4.50. The molecule has 0 aliphatic heterocycles. The zero-order valence-electron chi connectivity index (χ0n) is 2.37. The van der Waals surface area contributed by atoms with E-state index in [1.165, 1.54) is 0 Å². The molecular formula is CH4CoO4S. The summed E-state index contributed by atoms with van der Waals surface area (Å²) < 4.78 is 34.1. The minimum Gasteiger partial charge on any atom is -0.759 e. The van der Waals surface area contributed by atoms with Gasteiger partial charge in [0.05, 0.1) is 0 Å². The molecule has 0 unspecified atom stereocenters. The molecule has 0 N–H and O–H groups in total. The van der Waals surface area contributed by atoms with Crippen molar-refractivity contribution in [3.8, 4) is 0 Å². The van der Waals surface area contributed by atoms with Crippen LogP contribution in [0.4, 0.5) is 0 Å². The van der Waals surface area contributed by atoms with Crippen molar-refractivity contribution < 1.29 is 34.3 Å². The normalized spacial score (nSPS) is 8.29.